The molecule has 1 aliphatic heterocycles. The average molecular weight is 248 g/mol. The minimum Gasteiger partial charge on any atom is -0.363 e. The molecule has 2 aliphatic rings. The topological polar surface area (TPSA) is 59.0 Å². The molecule has 1 aliphatic carbocycles. The van der Waals surface area contributed by atoms with Crippen molar-refractivity contribution in [2.45, 2.75) is 51.0 Å². The van der Waals surface area contributed by atoms with E-state index in [2.05, 4.69) is 15.7 Å². The number of aryl methyl sites for hydroxylation is 2. The van der Waals surface area contributed by atoms with Crippen molar-refractivity contribution in [1.29, 1.82) is 0 Å². The number of hydrogen-bond acceptors (Lipinski definition) is 3. The molecule has 0 atom stereocenters. The molecule has 18 heavy (non-hydrogen) atoms. The predicted octanol–water partition coefficient (Wildman–Crippen LogP) is 2.19. The number of amides is 1. The second-order valence-corrected chi connectivity index (χ2v) is 5.62. The average Bonchev–Trinajstić information content (AvgIpc) is 2.50. The van der Waals surface area contributed by atoms with E-state index in [-0.39, 0.29) is 11.4 Å². The summed E-state index contributed by atoms with van der Waals surface area (Å²) < 4.78 is 1.84. The lowest BCUT2D eigenvalue weighted by Gasteiger charge is -2.37. The van der Waals surface area contributed by atoms with Gasteiger partial charge >= 0.3 is 0 Å². The summed E-state index contributed by atoms with van der Waals surface area (Å²) in [6, 6.07) is 0. The molecule has 2 N–H and O–H groups in total. The molecular formula is C13H20N4O. The fourth-order valence-corrected chi connectivity index (χ4v) is 3.27. The first-order chi connectivity index (χ1) is 8.60. The van der Waals surface area contributed by atoms with Crippen LogP contribution in [0.3, 0.4) is 0 Å². The molecule has 5 nitrogen and oxygen atoms in total. The fourth-order valence-electron chi connectivity index (χ4n) is 3.27. The maximum Gasteiger partial charge on any atom is 0.226 e. The van der Waals surface area contributed by atoms with Crippen molar-refractivity contribution in [3.05, 3.63) is 5.69 Å². The Hall–Kier alpha value is -1.52. The van der Waals surface area contributed by atoms with Crippen molar-refractivity contribution in [2.75, 3.05) is 10.6 Å². The summed E-state index contributed by atoms with van der Waals surface area (Å²) >= 11 is 0. The van der Waals surface area contributed by atoms with Crippen molar-refractivity contribution >= 4 is 17.4 Å². The molecule has 98 valence electrons. The molecule has 1 spiro atoms. The second-order valence-electron chi connectivity index (χ2n) is 5.62. The van der Waals surface area contributed by atoms with E-state index in [4.69, 9.17) is 0 Å². The lowest BCUT2D eigenvalue weighted by atomic mass is 9.79. The third kappa shape index (κ3) is 1.78. The van der Waals surface area contributed by atoms with E-state index in [1.54, 1.807) is 0 Å². The summed E-state index contributed by atoms with van der Waals surface area (Å²) in [5, 5.41) is 11.0. The molecule has 1 saturated carbocycles. The van der Waals surface area contributed by atoms with E-state index in [9.17, 15) is 4.79 Å². The number of fused-ring (bicyclic) bond motifs is 1. The van der Waals surface area contributed by atoms with Crippen LogP contribution in [-0.4, -0.2) is 21.2 Å². The Morgan fingerprint density at radius 3 is 2.72 bits per heavy atom. The molecule has 1 aromatic heterocycles. The van der Waals surface area contributed by atoms with Crippen LogP contribution in [-0.2, 0) is 11.8 Å². The van der Waals surface area contributed by atoms with Crippen molar-refractivity contribution in [3.8, 4) is 0 Å². The Kier molecular flexibility index (Phi) is 2.57. The number of carbonyl (C=O) groups is 1. The molecule has 0 saturated heterocycles. The van der Waals surface area contributed by atoms with Gasteiger partial charge in [0.25, 0.3) is 0 Å². The van der Waals surface area contributed by atoms with Gasteiger partial charge < -0.3 is 10.6 Å². The summed E-state index contributed by atoms with van der Waals surface area (Å²) in [4.78, 5) is 12.1. The summed E-state index contributed by atoms with van der Waals surface area (Å²) in [5.74, 6) is 1.07. The summed E-state index contributed by atoms with van der Waals surface area (Å²) in [5.41, 5.74) is 1.67. The minimum absolute atomic E-state index is 0.0617. The van der Waals surface area contributed by atoms with Gasteiger partial charge in [-0.1, -0.05) is 19.3 Å². The number of nitrogens with one attached hydrogen (secondary N) is 2. The van der Waals surface area contributed by atoms with Crippen LogP contribution < -0.4 is 10.6 Å². The quantitative estimate of drug-likeness (QED) is 0.740. The number of carbonyl (C=O) groups excluding carboxylic acids is 1. The molecule has 0 radical (unpaired) electrons. The van der Waals surface area contributed by atoms with Crippen LogP contribution >= 0.6 is 0 Å². The normalized spacial score (nSPS) is 22.0. The van der Waals surface area contributed by atoms with Gasteiger partial charge in [0.2, 0.25) is 5.91 Å². The SMILES string of the molecule is Cc1nn(C)c2c1NC(=O)CC1(CCCCC1)N2. The van der Waals surface area contributed by atoms with Crippen molar-refractivity contribution in [1.82, 2.24) is 9.78 Å². The Balaban J connectivity index is 2.02. The van der Waals surface area contributed by atoms with Gasteiger partial charge in [-0.2, -0.15) is 5.10 Å². The Morgan fingerprint density at radius 2 is 2.00 bits per heavy atom. The highest BCUT2D eigenvalue weighted by atomic mass is 16.1. The first kappa shape index (κ1) is 11.6. The molecule has 0 aromatic carbocycles. The molecule has 2 heterocycles. The van der Waals surface area contributed by atoms with Gasteiger partial charge in [0, 0.05) is 19.0 Å². The van der Waals surface area contributed by atoms with E-state index in [1.165, 1.54) is 19.3 Å². The number of nitrogens with zero attached hydrogens (tertiary/aromatic N) is 2. The van der Waals surface area contributed by atoms with Crippen LogP contribution in [0.5, 0.6) is 0 Å². The standard InChI is InChI=1S/C13H20N4O/c1-9-11-12(17(2)16-9)15-13(8-10(18)14-11)6-4-3-5-7-13/h15H,3-8H2,1-2H3,(H,14,18). The van der Waals surface area contributed by atoms with Gasteiger partial charge in [-0.15, -0.1) is 0 Å². The van der Waals surface area contributed by atoms with Crippen molar-refractivity contribution in [3.63, 3.8) is 0 Å². The number of aromatic nitrogens is 2. The third-order valence-corrected chi connectivity index (χ3v) is 4.18. The molecule has 3 rings (SSSR count). The molecule has 1 aromatic rings. The van der Waals surface area contributed by atoms with E-state index < -0.39 is 0 Å². The van der Waals surface area contributed by atoms with E-state index >= 15 is 0 Å². The maximum absolute atomic E-state index is 12.1. The van der Waals surface area contributed by atoms with Crippen LogP contribution in [0.4, 0.5) is 11.5 Å². The van der Waals surface area contributed by atoms with E-state index in [1.807, 2.05) is 18.7 Å². The Labute approximate surface area is 107 Å². The third-order valence-electron chi connectivity index (χ3n) is 4.18. The maximum atomic E-state index is 12.1. The van der Waals surface area contributed by atoms with Gasteiger partial charge in [0.05, 0.1) is 5.69 Å². The van der Waals surface area contributed by atoms with Crippen LogP contribution in [0.15, 0.2) is 0 Å². The summed E-state index contributed by atoms with van der Waals surface area (Å²) in [6.07, 6.45) is 6.40. The Bertz CT molecular complexity index is 485. The lowest BCUT2D eigenvalue weighted by Crippen LogP contribution is -2.42. The van der Waals surface area contributed by atoms with Gasteiger partial charge in [0.15, 0.2) is 0 Å². The smallest absolute Gasteiger partial charge is 0.226 e. The molecule has 5 heteroatoms. The monoisotopic (exact) mass is 248 g/mol. The molecular weight excluding hydrogens is 228 g/mol. The fraction of sp³-hybridized carbons (Fsp3) is 0.692. The van der Waals surface area contributed by atoms with E-state index in [0.717, 1.165) is 30.0 Å². The van der Waals surface area contributed by atoms with Gasteiger partial charge in [-0.25, -0.2) is 0 Å². The number of anilines is 2. The zero-order chi connectivity index (χ0) is 12.8. The van der Waals surface area contributed by atoms with Crippen LogP contribution in [0.25, 0.3) is 0 Å². The highest BCUT2D eigenvalue weighted by molar-refractivity contribution is 5.97. The summed E-state index contributed by atoms with van der Waals surface area (Å²) in [7, 11) is 1.92. The zero-order valence-corrected chi connectivity index (χ0v) is 11.0. The highest BCUT2D eigenvalue weighted by Crippen LogP contribution is 2.39. The number of rotatable bonds is 0. The molecule has 1 amide bonds. The molecule has 0 unspecified atom stereocenters. The van der Waals surface area contributed by atoms with Crippen LogP contribution in [0.1, 0.15) is 44.2 Å². The van der Waals surface area contributed by atoms with Crippen LogP contribution in [0.2, 0.25) is 0 Å². The highest BCUT2D eigenvalue weighted by Gasteiger charge is 2.38. The predicted molar refractivity (Wildman–Crippen MR) is 70.6 cm³/mol. The molecule has 0 bridgehead atoms. The van der Waals surface area contributed by atoms with Gasteiger partial charge in [0.1, 0.15) is 11.5 Å². The first-order valence-corrected chi connectivity index (χ1v) is 6.71. The Morgan fingerprint density at radius 1 is 1.28 bits per heavy atom. The zero-order valence-electron chi connectivity index (χ0n) is 11.0. The van der Waals surface area contributed by atoms with Crippen LogP contribution in [0, 0.1) is 6.92 Å². The first-order valence-electron chi connectivity index (χ1n) is 6.71. The van der Waals surface area contributed by atoms with Crippen molar-refractivity contribution in [2.24, 2.45) is 7.05 Å². The number of hydrogen-bond donors (Lipinski definition) is 2. The summed E-state index contributed by atoms with van der Waals surface area (Å²) in [6.45, 7) is 1.93. The lowest BCUT2D eigenvalue weighted by molar-refractivity contribution is -0.117. The largest absolute Gasteiger partial charge is 0.363 e. The van der Waals surface area contributed by atoms with Gasteiger partial charge in [-0.3, -0.25) is 9.48 Å². The molecule has 1 fully saturated rings. The minimum atomic E-state index is -0.0617. The van der Waals surface area contributed by atoms with Crippen molar-refractivity contribution < 1.29 is 4.79 Å². The van der Waals surface area contributed by atoms with E-state index in [0.29, 0.717) is 6.42 Å². The second kappa shape index (κ2) is 4.00. The van der Waals surface area contributed by atoms with Gasteiger partial charge in [-0.05, 0) is 19.8 Å².